The summed E-state index contributed by atoms with van der Waals surface area (Å²) in [7, 11) is 0. The van der Waals surface area contributed by atoms with E-state index in [1.807, 2.05) is 139 Å². The van der Waals surface area contributed by atoms with Crippen molar-refractivity contribution in [1.82, 2.24) is 0 Å². The third-order valence-electron chi connectivity index (χ3n) is 7.77. The molecule has 0 radical (unpaired) electrons. The molecule has 0 aliphatic heterocycles. The molecule has 0 fully saturated rings. The zero-order valence-corrected chi connectivity index (χ0v) is 28.2. The maximum absolute atomic E-state index is 13.7. The maximum Gasteiger partial charge on any atom is 0.412 e. The minimum atomic E-state index is -0.725. The highest BCUT2D eigenvalue weighted by Crippen LogP contribution is 2.50. The number of anilines is 2. The number of nitrogens with one attached hydrogen (secondary N) is 2. The summed E-state index contributed by atoms with van der Waals surface area (Å²) in [5, 5.41) is 10.1. The first kappa shape index (κ1) is 32.3. The second-order valence-corrected chi connectivity index (χ2v) is 13.8. The van der Waals surface area contributed by atoms with Gasteiger partial charge in [-0.1, -0.05) is 109 Å². The molecule has 0 aromatic heterocycles. The van der Waals surface area contributed by atoms with Crippen molar-refractivity contribution in [3.05, 3.63) is 121 Å². The molecule has 0 aliphatic carbocycles. The first-order valence-corrected chi connectivity index (χ1v) is 16.1. The number of fused-ring (bicyclic) bond motifs is 2. The van der Waals surface area contributed by atoms with E-state index in [0.717, 1.165) is 54.9 Å². The van der Waals surface area contributed by atoms with Crippen LogP contribution in [0.25, 0.3) is 54.9 Å². The lowest BCUT2D eigenvalue weighted by molar-refractivity contribution is 0.0624. The molecule has 0 atom stereocenters. The van der Waals surface area contributed by atoms with Gasteiger partial charge in [-0.15, -0.1) is 0 Å². The standard InChI is InChI=1S/C42H40N2O4/c1-41(2,3)47-39(45)43-37-33(27-17-9-7-10-18-27)25-29-21-13-15-23-31(29)35(37)36-32-24-16-14-22-30(32)26-34(28-19-11-8-12-20-28)38(36)44-40(46)48-42(4,5)6/h7-26H,1-6H3,(H,43,45)(H,44,46). The van der Waals surface area contributed by atoms with Gasteiger partial charge in [0.15, 0.2) is 0 Å². The summed E-state index contributed by atoms with van der Waals surface area (Å²) in [5.74, 6) is 0. The molecular formula is C42H40N2O4. The third kappa shape index (κ3) is 7.03. The molecule has 0 spiro atoms. The minimum absolute atomic E-state index is 0.566. The van der Waals surface area contributed by atoms with Crippen molar-refractivity contribution in [2.75, 3.05) is 10.6 Å². The molecule has 0 aliphatic rings. The Bertz CT molecular complexity index is 1970. The van der Waals surface area contributed by atoms with Crippen LogP contribution in [-0.2, 0) is 9.47 Å². The summed E-state index contributed by atoms with van der Waals surface area (Å²) in [5.41, 5.74) is 4.64. The van der Waals surface area contributed by atoms with Crippen LogP contribution >= 0.6 is 0 Å². The molecule has 2 amide bonds. The van der Waals surface area contributed by atoms with Crippen LogP contribution in [0.5, 0.6) is 0 Å². The Morgan fingerprint density at radius 2 is 0.812 bits per heavy atom. The molecule has 0 saturated carbocycles. The molecule has 0 saturated heterocycles. The zero-order valence-electron chi connectivity index (χ0n) is 28.2. The van der Waals surface area contributed by atoms with Gasteiger partial charge >= 0.3 is 12.2 Å². The Kier molecular flexibility index (Phi) is 8.67. The topological polar surface area (TPSA) is 76.7 Å². The summed E-state index contributed by atoms with van der Waals surface area (Å²) < 4.78 is 11.7. The summed E-state index contributed by atoms with van der Waals surface area (Å²) in [4.78, 5) is 27.4. The number of ether oxygens (including phenoxy) is 2. The second kappa shape index (κ2) is 12.9. The SMILES string of the molecule is CC(C)(C)OC(=O)Nc1c(-c2ccccc2)cc2ccccc2c1-c1c(NC(=O)OC(C)(C)C)c(-c2ccccc2)cc2ccccc12. The molecule has 242 valence electrons. The fourth-order valence-corrected chi connectivity index (χ4v) is 5.98. The average molecular weight is 637 g/mol. The van der Waals surface area contributed by atoms with Crippen molar-refractivity contribution in [2.24, 2.45) is 0 Å². The van der Waals surface area contributed by atoms with Gasteiger partial charge in [-0.3, -0.25) is 10.6 Å². The Morgan fingerprint density at radius 3 is 1.17 bits per heavy atom. The summed E-state index contributed by atoms with van der Waals surface area (Å²) in [6, 6.07) is 40.3. The van der Waals surface area contributed by atoms with Crippen molar-refractivity contribution < 1.29 is 19.1 Å². The lowest BCUT2D eigenvalue weighted by atomic mass is 9.85. The van der Waals surface area contributed by atoms with Crippen LogP contribution < -0.4 is 10.6 Å². The second-order valence-electron chi connectivity index (χ2n) is 13.8. The number of rotatable bonds is 5. The van der Waals surface area contributed by atoms with Crippen LogP contribution in [0.4, 0.5) is 21.0 Å². The fourth-order valence-electron chi connectivity index (χ4n) is 5.98. The lowest BCUT2D eigenvalue weighted by Crippen LogP contribution is -2.28. The predicted molar refractivity (Wildman–Crippen MR) is 197 cm³/mol. The predicted octanol–water partition coefficient (Wildman–Crippen LogP) is 11.7. The van der Waals surface area contributed by atoms with Crippen LogP contribution in [-0.4, -0.2) is 23.4 Å². The third-order valence-corrected chi connectivity index (χ3v) is 7.77. The fraction of sp³-hybridized carbons (Fsp3) is 0.190. The van der Waals surface area contributed by atoms with E-state index in [1.165, 1.54) is 0 Å². The van der Waals surface area contributed by atoms with Gasteiger partial charge in [0.1, 0.15) is 11.2 Å². The van der Waals surface area contributed by atoms with Crippen molar-refractivity contribution in [3.63, 3.8) is 0 Å². The van der Waals surface area contributed by atoms with Gasteiger partial charge in [-0.2, -0.15) is 0 Å². The largest absolute Gasteiger partial charge is 0.444 e. The highest BCUT2D eigenvalue weighted by Gasteiger charge is 2.28. The molecule has 6 nitrogen and oxygen atoms in total. The van der Waals surface area contributed by atoms with Gasteiger partial charge in [0.05, 0.1) is 11.4 Å². The molecule has 0 heterocycles. The minimum Gasteiger partial charge on any atom is -0.444 e. The van der Waals surface area contributed by atoms with Crippen molar-refractivity contribution in [1.29, 1.82) is 0 Å². The highest BCUT2D eigenvalue weighted by molar-refractivity contribution is 6.21. The molecule has 48 heavy (non-hydrogen) atoms. The van der Waals surface area contributed by atoms with E-state index in [9.17, 15) is 9.59 Å². The molecule has 2 N–H and O–H groups in total. The Labute approximate surface area is 281 Å². The molecule has 0 bridgehead atoms. The van der Waals surface area contributed by atoms with Crippen molar-refractivity contribution in [2.45, 2.75) is 52.7 Å². The molecule has 6 aromatic rings. The molecule has 6 rings (SSSR count). The number of hydrogen-bond acceptors (Lipinski definition) is 4. The van der Waals surface area contributed by atoms with Crippen molar-refractivity contribution in [3.8, 4) is 33.4 Å². The Hall–Kier alpha value is -5.62. The van der Waals surface area contributed by atoms with E-state index in [1.54, 1.807) is 0 Å². The van der Waals surface area contributed by atoms with E-state index >= 15 is 0 Å². The highest BCUT2D eigenvalue weighted by atomic mass is 16.6. The van der Waals surface area contributed by atoms with Crippen LogP contribution in [0.15, 0.2) is 121 Å². The number of amides is 2. The number of hydrogen-bond donors (Lipinski definition) is 2. The monoisotopic (exact) mass is 636 g/mol. The number of benzene rings is 6. The molecule has 6 heteroatoms. The van der Waals surface area contributed by atoms with Crippen LogP contribution in [0.3, 0.4) is 0 Å². The Morgan fingerprint density at radius 1 is 0.479 bits per heavy atom. The first-order chi connectivity index (χ1) is 22.9. The Balaban J connectivity index is 1.78. The van der Waals surface area contributed by atoms with Crippen LogP contribution in [0.1, 0.15) is 41.5 Å². The molecule has 0 unspecified atom stereocenters. The van der Waals surface area contributed by atoms with Gasteiger partial charge in [0.2, 0.25) is 0 Å². The smallest absolute Gasteiger partial charge is 0.412 e. The van der Waals surface area contributed by atoms with E-state index in [-0.39, 0.29) is 0 Å². The van der Waals surface area contributed by atoms with E-state index in [0.29, 0.717) is 11.4 Å². The number of carbonyl (C=O) groups excluding carboxylic acids is 2. The molecular weight excluding hydrogens is 596 g/mol. The quantitative estimate of drug-likeness (QED) is 0.197. The average Bonchev–Trinajstić information content (AvgIpc) is 3.03. The van der Waals surface area contributed by atoms with Gasteiger partial charge in [0.25, 0.3) is 0 Å². The van der Waals surface area contributed by atoms with Crippen molar-refractivity contribution >= 4 is 45.1 Å². The van der Waals surface area contributed by atoms with Crippen LogP contribution in [0, 0.1) is 0 Å². The van der Waals surface area contributed by atoms with Gasteiger partial charge < -0.3 is 9.47 Å². The first-order valence-electron chi connectivity index (χ1n) is 16.1. The summed E-state index contributed by atoms with van der Waals surface area (Å²) in [6.45, 7) is 11.0. The van der Waals surface area contributed by atoms with Gasteiger partial charge in [0, 0.05) is 22.3 Å². The maximum atomic E-state index is 13.7. The summed E-state index contributed by atoms with van der Waals surface area (Å²) in [6.07, 6.45) is -1.16. The van der Waals surface area contributed by atoms with Gasteiger partial charge in [-0.25, -0.2) is 9.59 Å². The number of carbonyl (C=O) groups is 2. The van der Waals surface area contributed by atoms with E-state index in [2.05, 4.69) is 34.9 Å². The summed E-state index contributed by atoms with van der Waals surface area (Å²) >= 11 is 0. The molecule has 6 aromatic carbocycles. The van der Waals surface area contributed by atoms with Crippen LogP contribution in [0.2, 0.25) is 0 Å². The zero-order chi connectivity index (χ0) is 34.1. The lowest BCUT2D eigenvalue weighted by Gasteiger charge is -2.26. The van der Waals surface area contributed by atoms with E-state index < -0.39 is 23.4 Å². The van der Waals surface area contributed by atoms with E-state index in [4.69, 9.17) is 9.47 Å². The van der Waals surface area contributed by atoms with Gasteiger partial charge in [-0.05, 0) is 86.3 Å². The normalized spacial score (nSPS) is 11.7.